The summed E-state index contributed by atoms with van der Waals surface area (Å²) in [6.07, 6.45) is 4.10. The third kappa shape index (κ3) is 3.95. The number of carbonyl (C=O) groups excluding carboxylic acids is 1. The van der Waals surface area contributed by atoms with Crippen molar-refractivity contribution >= 4 is 17.2 Å². The van der Waals surface area contributed by atoms with Crippen molar-refractivity contribution < 1.29 is 9.90 Å². The summed E-state index contributed by atoms with van der Waals surface area (Å²) in [5.41, 5.74) is 0.590. The number of aliphatic hydroxyl groups excluding tert-OH is 1. The van der Waals surface area contributed by atoms with E-state index in [4.69, 9.17) is 5.11 Å². The number of hydrogen-bond acceptors (Lipinski definition) is 4. The second-order valence-corrected chi connectivity index (χ2v) is 4.61. The molecule has 0 saturated carbocycles. The van der Waals surface area contributed by atoms with Crippen molar-refractivity contribution in [3.63, 3.8) is 0 Å². The normalized spacial score (nSPS) is 9.74. The van der Waals surface area contributed by atoms with Gasteiger partial charge in [-0.15, -0.1) is 11.3 Å². The minimum atomic E-state index is -0.178. The van der Waals surface area contributed by atoms with Crippen LogP contribution in [0.1, 0.15) is 21.1 Å². The molecule has 3 N–H and O–H groups in total. The largest absolute Gasteiger partial charge is 0.384 e. The van der Waals surface area contributed by atoms with Gasteiger partial charge in [0.15, 0.2) is 0 Å². The van der Waals surface area contributed by atoms with E-state index in [-0.39, 0.29) is 12.5 Å². The van der Waals surface area contributed by atoms with Gasteiger partial charge in [0.1, 0.15) is 12.4 Å². The summed E-state index contributed by atoms with van der Waals surface area (Å²) in [6.45, 7) is 0.350. The summed E-state index contributed by atoms with van der Waals surface area (Å²) in [7, 11) is 0. The predicted octanol–water partition coefficient (Wildman–Crippen LogP) is 0.787. The van der Waals surface area contributed by atoms with Crippen LogP contribution in [0.25, 0.3) is 0 Å². The van der Waals surface area contributed by atoms with E-state index in [9.17, 15) is 4.79 Å². The van der Waals surface area contributed by atoms with Crippen LogP contribution in [0, 0.1) is 11.8 Å². The molecular weight excluding hydrogens is 262 g/mol. The SMILES string of the molecule is O=C(NCCc1ncc[nH]1)c1csc(C#CCO)c1. The Kier molecular flexibility index (Phi) is 4.72. The van der Waals surface area contributed by atoms with E-state index in [0.717, 1.165) is 10.7 Å². The lowest BCUT2D eigenvalue weighted by Gasteiger charge is -2.01. The van der Waals surface area contributed by atoms with Crippen LogP contribution in [0.2, 0.25) is 0 Å². The minimum absolute atomic E-state index is 0.125. The second-order valence-electron chi connectivity index (χ2n) is 3.70. The molecule has 1 amide bonds. The quantitative estimate of drug-likeness (QED) is 0.722. The Bertz CT molecular complexity index is 593. The molecule has 2 aromatic rings. The molecule has 98 valence electrons. The Labute approximate surface area is 114 Å². The smallest absolute Gasteiger partial charge is 0.252 e. The van der Waals surface area contributed by atoms with E-state index in [0.29, 0.717) is 18.5 Å². The number of thiophene rings is 1. The van der Waals surface area contributed by atoms with Crippen molar-refractivity contribution in [1.82, 2.24) is 15.3 Å². The van der Waals surface area contributed by atoms with Crippen molar-refractivity contribution in [2.45, 2.75) is 6.42 Å². The molecule has 0 unspecified atom stereocenters. The Hall–Kier alpha value is -2.10. The highest BCUT2D eigenvalue weighted by atomic mass is 32.1. The van der Waals surface area contributed by atoms with Gasteiger partial charge in [-0.05, 0) is 6.07 Å². The molecule has 2 rings (SSSR count). The number of carbonyl (C=O) groups is 1. The maximum atomic E-state index is 11.8. The topological polar surface area (TPSA) is 78.0 Å². The molecule has 2 aromatic heterocycles. The standard InChI is InChI=1S/C13H13N3O2S/c17-7-1-2-11-8-10(9-19-11)13(18)16-4-3-12-14-5-6-15-12/h5-6,8-9,17H,3-4,7H2,(H,14,15)(H,16,18). The Morgan fingerprint density at radius 1 is 1.58 bits per heavy atom. The number of imidazole rings is 1. The third-order valence-electron chi connectivity index (χ3n) is 2.35. The molecule has 0 aliphatic heterocycles. The molecule has 0 aliphatic carbocycles. The van der Waals surface area contributed by atoms with E-state index >= 15 is 0 Å². The molecule has 0 radical (unpaired) electrons. The predicted molar refractivity (Wildman–Crippen MR) is 72.9 cm³/mol. The number of aromatic amines is 1. The summed E-state index contributed by atoms with van der Waals surface area (Å²) in [6, 6.07) is 1.72. The fraction of sp³-hybridized carbons (Fsp3) is 0.231. The van der Waals surface area contributed by atoms with Crippen molar-refractivity contribution in [3.05, 3.63) is 40.1 Å². The van der Waals surface area contributed by atoms with Crippen molar-refractivity contribution in [2.24, 2.45) is 0 Å². The molecule has 0 aliphatic rings. The van der Waals surface area contributed by atoms with Crippen LogP contribution >= 0.6 is 11.3 Å². The van der Waals surface area contributed by atoms with Crippen LogP contribution in [0.5, 0.6) is 0 Å². The monoisotopic (exact) mass is 275 g/mol. The molecule has 19 heavy (non-hydrogen) atoms. The average Bonchev–Trinajstić information content (AvgIpc) is 3.07. The number of H-pyrrole nitrogens is 1. The maximum absolute atomic E-state index is 11.8. The summed E-state index contributed by atoms with van der Waals surface area (Å²) < 4.78 is 0. The minimum Gasteiger partial charge on any atom is -0.384 e. The lowest BCUT2D eigenvalue weighted by molar-refractivity contribution is 0.0954. The first-order valence-corrected chi connectivity index (χ1v) is 6.62. The fourth-order valence-electron chi connectivity index (χ4n) is 1.48. The van der Waals surface area contributed by atoms with Crippen molar-refractivity contribution in [3.8, 4) is 11.8 Å². The van der Waals surface area contributed by atoms with Gasteiger partial charge in [-0.25, -0.2) is 4.98 Å². The molecule has 5 nitrogen and oxygen atoms in total. The number of hydrogen-bond donors (Lipinski definition) is 3. The highest BCUT2D eigenvalue weighted by molar-refractivity contribution is 7.10. The van der Waals surface area contributed by atoms with Crippen molar-refractivity contribution in [1.29, 1.82) is 0 Å². The Morgan fingerprint density at radius 3 is 3.21 bits per heavy atom. The molecule has 0 saturated heterocycles. The molecule has 0 atom stereocenters. The maximum Gasteiger partial charge on any atom is 0.252 e. The van der Waals surface area contributed by atoms with Gasteiger partial charge in [-0.2, -0.15) is 0 Å². The van der Waals surface area contributed by atoms with E-state index in [1.54, 1.807) is 23.8 Å². The highest BCUT2D eigenvalue weighted by Crippen LogP contribution is 2.13. The van der Waals surface area contributed by atoms with E-state index in [1.807, 2.05) is 0 Å². The fourth-order valence-corrected chi connectivity index (χ4v) is 2.23. The van der Waals surface area contributed by atoms with Crippen LogP contribution in [0.3, 0.4) is 0 Å². The number of rotatable bonds is 4. The zero-order valence-electron chi connectivity index (χ0n) is 10.1. The molecular formula is C13H13N3O2S. The van der Waals surface area contributed by atoms with Gasteiger partial charge in [0.2, 0.25) is 0 Å². The first kappa shape index (κ1) is 13.3. The van der Waals surface area contributed by atoms with Gasteiger partial charge in [-0.3, -0.25) is 4.79 Å². The average molecular weight is 275 g/mol. The van der Waals surface area contributed by atoms with Gasteiger partial charge >= 0.3 is 0 Å². The molecule has 0 spiro atoms. The van der Waals surface area contributed by atoms with Gasteiger partial charge in [0.25, 0.3) is 5.91 Å². The Morgan fingerprint density at radius 2 is 2.47 bits per heavy atom. The third-order valence-corrected chi connectivity index (χ3v) is 3.20. The van der Waals surface area contributed by atoms with Crippen molar-refractivity contribution in [2.75, 3.05) is 13.2 Å². The first-order valence-electron chi connectivity index (χ1n) is 5.74. The van der Waals surface area contributed by atoms with E-state index < -0.39 is 0 Å². The molecule has 0 fully saturated rings. The highest BCUT2D eigenvalue weighted by Gasteiger charge is 2.07. The van der Waals surface area contributed by atoms with Gasteiger partial charge < -0.3 is 15.4 Å². The first-order chi connectivity index (χ1) is 9.29. The van der Waals surface area contributed by atoms with Crippen LogP contribution in [0.15, 0.2) is 23.8 Å². The summed E-state index contributed by atoms with van der Waals surface area (Å²) >= 11 is 1.38. The summed E-state index contributed by atoms with van der Waals surface area (Å²) in [4.78, 5) is 19.6. The van der Waals surface area contributed by atoms with Crippen LogP contribution < -0.4 is 5.32 Å². The second kappa shape index (κ2) is 6.73. The van der Waals surface area contributed by atoms with Crippen LogP contribution in [-0.4, -0.2) is 34.1 Å². The summed E-state index contributed by atoms with van der Waals surface area (Å²) in [5.74, 6) is 6.04. The number of nitrogens with one attached hydrogen (secondary N) is 2. The number of amides is 1. The van der Waals surface area contributed by atoms with E-state index in [1.165, 1.54) is 11.3 Å². The number of aliphatic hydroxyl groups is 1. The van der Waals surface area contributed by atoms with Crippen LogP contribution in [-0.2, 0) is 6.42 Å². The zero-order chi connectivity index (χ0) is 13.5. The lowest BCUT2D eigenvalue weighted by atomic mass is 10.3. The molecule has 0 aromatic carbocycles. The molecule has 0 bridgehead atoms. The van der Waals surface area contributed by atoms with E-state index in [2.05, 4.69) is 27.1 Å². The summed E-state index contributed by atoms with van der Waals surface area (Å²) in [5, 5.41) is 13.2. The Balaban J connectivity index is 1.84. The van der Waals surface area contributed by atoms with Gasteiger partial charge in [0, 0.05) is 30.7 Å². The lowest BCUT2D eigenvalue weighted by Crippen LogP contribution is -2.25. The number of aromatic nitrogens is 2. The number of nitrogens with zero attached hydrogens (tertiary/aromatic N) is 1. The zero-order valence-corrected chi connectivity index (χ0v) is 11.0. The van der Waals surface area contributed by atoms with Gasteiger partial charge in [-0.1, -0.05) is 11.8 Å². The molecule has 2 heterocycles. The molecule has 6 heteroatoms. The van der Waals surface area contributed by atoms with Gasteiger partial charge in [0.05, 0.1) is 10.4 Å². The van der Waals surface area contributed by atoms with Crippen LogP contribution in [0.4, 0.5) is 0 Å².